The van der Waals surface area contributed by atoms with Crippen molar-refractivity contribution in [2.24, 2.45) is 5.92 Å². The first-order chi connectivity index (χ1) is 14.9. The molecule has 1 saturated heterocycles. The van der Waals surface area contributed by atoms with E-state index in [-0.39, 0.29) is 39.8 Å². The van der Waals surface area contributed by atoms with Gasteiger partial charge >= 0.3 is 0 Å². The Morgan fingerprint density at radius 2 is 1.97 bits per heavy atom. The van der Waals surface area contributed by atoms with Gasteiger partial charge in [0.2, 0.25) is 0 Å². The monoisotopic (exact) mass is 439 g/mol. The van der Waals surface area contributed by atoms with Crippen molar-refractivity contribution in [3.63, 3.8) is 0 Å². The van der Waals surface area contributed by atoms with E-state index in [1.807, 2.05) is 10.6 Å². The van der Waals surface area contributed by atoms with Gasteiger partial charge in [-0.3, -0.25) is 19.7 Å². The summed E-state index contributed by atoms with van der Waals surface area (Å²) in [5.74, 6) is 0.677. The van der Waals surface area contributed by atoms with E-state index in [1.165, 1.54) is 18.2 Å². The molecule has 3 aromatic rings. The second-order valence-electron chi connectivity index (χ2n) is 7.99. The summed E-state index contributed by atoms with van der Waals surface area (Å²) in [4.78, 5) is 37.5. The number of hydrogen-bond donors (Lipinski definition) is 0. The molecule has 4 heterocycles. The fourth-order valence-electron chi connectivity index (χ4n) is 4.63. The molecule has 1 fully saturated rings. The van der Waals surface area contributed by atoms with Crippen molar-refractivity contribution in [2.75, 3.05) is 13.1 Å². The van der Waals surface area contributed by atoms with Gasteiger partial charge in [0, 0.05) is 55.0 Å². The first kappa shape index (κ1) is 19.6. The van der Waals surface area contributed by atoms with E-state index >= 15 is 0 Å². The molecule has 2 bridgehead atoms. The summed E-state index contributed by atoms with van der Waals surface area (Å²) >= 11 is 6.18. The maximum atomic E-state index is 13.1. The van der Waals surface area contributed by atoms with E-state index in [1.54, 1.807) is 29.2 Å². The number of pyridine rings is 1. The molecule has 8 nitrogen and oxygen atoms in total. The standard InChI is InChI=1S/C22H18ClN3O5/c23-17-9-15(26(29)30)4-5-16(17)19-6-7-20(31-19)22(28)24-10-13-8-14(12-24)18-2-1-3-21(27)25(18)11-13/h1-7,9,13-14H,8,10-12H2/t13-,14+/m1/s1. The molecule has 158 valence electrons. The number of hydrogen-bond acceptors (Lipinski definition) is 5. The smallest absolute Gasteiger partial charge is 0.289 e. The Labute approximate surface area is 181 Å². The lowest BCUT2D eigenvalue weighted by Gasteiger charge is -2.42. The van der Waals surface area contributed by atoms with Gasteiger partial charge in [0.25, 0.3) is 17.2 Å². The molecule has 1 amide bonds. The number of benzene rings is 1. The van der Waals surface area contributed by atoms with Crippen molar-refractivity contribution in [1.82, 2.24) is 9.47 Å². The van der Waals surface area contributed by atoms with Crippen LogP contribution in [0.15, 0.2) is 57.7 Å². The van der Waals surface area contributed by atoms with Crippen molar-refractivity contribution in [3.05, 3.63) is 85.5 Å². The molecule has 0 unspecified atom stereocenters. The minimum absolute atomic E-state index is 0.00243. The van der Waals surface area contributed by atoms with Crippen LogP contribution in [0.25, 0.3) is 11.3 Å². The molecule has 1 aromatic carbocycles. The van der Waals surface area contributed by atoms with Crippen molar-refractivity contribution in [1.29, 1.82) is 0 Å². The number of nitrogens with zero attached hydrogens (tertiary/aromatic N) is 3. The van der Waals surface area contributed by atoms with Crippen LogP contribution in [0.4, 0.5) is 5.69 Å². The molecular formula is C22H18ClN3O5. The van der Waals surface area contributed by atoms with E-state index in [4.69, 9.17) is 16.0 Å². The summed E-state index contributed by atoms with van der Waals surface area (Å²) < 4.78 is 7.60. The number of furan rings is 1. The van der Waals surface area contributed by atoms with E-state index in [0.29, 0.717) is 31.0 Å². The Hall–Kier alpha value is -3.39. The third-order valence-electron chi connectivity index (χ3n) is 6.01. The number of carbonyl (C=O) groups is 1. The maximum Gasteiger partial charge on any atom is 0.289 e. The summed E-state index contributed by atoms with van der Waals surface area (Å²) in [6.07, 6.45) is 0.953. The lowest BCUT2D eigenvalue weighted by molar-refractivity contribution is -0.384. The summed E-state index contributed by atoms with van der Waals surface area (Å²) in [6.45, 7) is 1.69. The summed E-state index contributed by atoms with van der Waals surface area (Å²) in [7, 11) is 0. The Balaban J connectivity index is 1.38. The Morgan fingerprint density at radius 1 is 1.13 bits per heavy atom. The molecule has 5 rings (SSSR count). The molecule has 0 aliphatic carbocycles. The zero-order chi connectivity index (χ0) is 21.7. The van der Waals surface area contributed by atoms with Crippen LogP contribution >= 0.6 is 11.6 Å². The molecule has 2 atom stereocenters. The van der Waals surface area contributed by atoms with Gasteiger partial charge in [-0.25, -0.2) is 0 Å². The Bertz CT molecular complexity index is 1260. The first-order valence-electron chi connectivity index (χ1n) is 9.94. The van der Waals surface area contributed by atoms with Crippen molar-refractivity contribution in [3.8, 4) is 11.3 Å². The number of likely N-dealkylation sites (tertiary alicyclic amines) is 1. The Kier molecular flexibility index (Phi) is 4.66. The zero-order valence-corrected chi connectivity index (χ0v) is 17.1. The van der Waals surface area contributed by atoms with Gasteiger partial charge < -0.3 is 13.9 Å². The lowest BCUT2D eigenvalue weighted by Crippen LogP contribution is -2.49. The molecule has 2 aliphatic heterocycles. The van der Waals surface area contributed by atoms with Crippen LogP contribution in [-0.2, 0) is 6.54 Å². The summed E-state index contributed by atoms with van der Waals surface area (Å²) in [5, 5.41) is 11.1. The normalized spacial score (nSPS) is 19.7. The summed E-state index contributed by atoms with van der Waals surface area (Å²) in [6, 6.07) is 12.6. The first-order valence-corrected chi connectivity index (χ1v) is 10.3. The van der Waals surface area contributed by atoms with Crippen LogP contribution in [0.1, 0.15) is 28.6 Å². The molecule has 31 heavy (non-hydrogen) atoms. The number of rotatable bonds is 3. The number of halogens is 1. The number of aromatic nitrogens is 1. The summed E-state index contributed by atoms with van der Waals surface area (Å²) in [5.41, 5.74) is 1.34. The van der Waals surface area contributed by atoms with Crippen LogP contribution in [-0.4, -0.2) is 33.4 Å². The third-order valence-corrected chi connectivity index (χ3v) is 6.33. The van der Waals surface area contributed by atoms with E-state index in [0.717, 1.165) is 12.1 Å². The fourth-order valence-corrected chi connectivity index (χ4v) is 4.90. The predicted octanol–water partition coefficient (Wildman–Crippen LogP) is 3.93. The molecule has 2 aromatic heterocycles. The van der Waals surface area contributed by atoms with Gasteiger partial charge in [0.15, 0.2) is 5.76 Å². The maximum absolute atomic E-state index is 13.1. The van der Waals surface area contributed by atoms with Crippen molar-refractivity contribution in [2.45, 2.75) is 18.9 Å². The number of nitro groups is 1. The number of fused-ring (bicyclic) bond motifs is 4. The van der Waals surface area contributed by atoms with Crippen molar-refractivity contribution < 1.29 is 14.1 Å². The van der Waals surface area contributed by atoms with Crippen LogP contribution in [0.5, 0.6) is 0 Å². The molecular weight excluding hydrogens is 422 g/mol. The minimum Gasteiger partial charge on any atom is -0.451 e. The van der Waals surface area contributed by atoms with Gasteiger partial charge in [-0.1, -0.05) is 17.7 Å². The number of nitro benzene ring substituents is 1. The van der Waals surface area contributed by atoms with Gasteiger partial charge in [-0.2, -0.15) is 0 Å². The molecule has 0 saturated carbocycles. The van der Waals surface area contributed by atoms with Crippen LogP contribution in [0.2, 0.25) is 5.02 Å². The van der Waals surface area contributed by atoms with E-state index in [2.05, 4.69) is 0 Å². The SMILES string of the molecule is O=C(c1ccc(-c2ccc([N+](=O)[O-])cc2Cl)o1)N1C[C@H]2C[C@@H](C1)c1cccc(=O)n1C2. The fraction of sp³-hybridized carbons (Fsp3) is 0.273. The van der Waals surface area contributed by atoms with Crippen molar-refractivity contribution >= 4 is 23.2 Å². The topological polar surface area (TPSA) is 98.6 Å². The second kappa shape index (κ2) is 7.39. The quantitative estimate of drug-likeness (QED) is 0.455. The molecule has 9 heteroatoms. The van der Waals surface area contributed by atoms with Gasteiger partial charge in [0.05, 0.1) is 9.95 Å². The number of amides is 1. The number of piperidine rings is 1. The highest BCUT2D eigenvalue weighted by atomic mass is 35.5. The second-order valence-corrected chi connectivity index (χ2v) is 8.40. The van der Waals surface area contributed by atoms with Gasteiger partial charge in [-0.15, -0.1) is 0 Å². The van der Waals surface area contributed by atoms with Crippen LogP contribution in [0.3, 0.4) is 0 Å². The molecule has 0 spiro atoms. The highest BCUT2D eigenvalue weighted by Gasteiger charge is 2.37. The minimum atomic E-state index is -0.522. The average Bonchev–Trinajstić information content (AvgIpc) is 3.23. The zero-order valence-electron chi connectivity index (χ0n) is 16.4. The van der Waals surface area contributed by atoms with E-state index in [9.17, 15) is 19.7 Å². The average molecular weight is 440 g/mol. The lowest BCUT2D eigenvalue weighted by atomic mass is 9.83. The number of non-ortho nitro benzene ring substituents is 1. The van der Waals surface area contributed by atoms with E-state index < -0.39 is 4.92 Å². The highest BCUT2D eigenvalue weighted by molar-refractivity contribution is 6.33. The van der Waals surface area contributed by atoms with Gasteiger partial charge in [0.1, 0.15) is 5.76 Å². The Morgan fingerprint density at radius 3 is 2.74 bits per heavy atom. The molecule has 2 aliphatic rings. The third kappa shape index (κ3) is 3.42. The molecule has 0 N–H and O–H groups in total. The van der Waals surface area contributed by atoms with Crippen LogP contribution in [0, 0.1) is 16.0 Å². The predicted molar refractivity (Wildman–Crippen MR) is 113 cm³/mol. The van der Waals surface area contributed by atoms with Crippen LogP contribution < -0.4 is 5.56 Å². The van der Waals surface area contributed by atoms with Gasteiger partial charge in [-0.05, 0) is 36.6 Å². The molecule has 0 radical (unpaired) electrons. The largest absolute Gasteiger partial charge is 0.451 e. The highest BCUT2D eigenvalue weighted by Crippen LogP contribution is 2.36. The number of carbonyl (C=O) groups excluding carboxylic acids is 1.